The molecule has 0 amide bonds. The second kappa shape index (κ2) is 5.92. The summed E-state index contributed by atoms with van der Waals surface area (Å²) in [5.74, 6) is -1.59. The monoisotopic (exact) mass is 327 g/mol. The van der Waals surface area contributed by atoms with Crippen LogP contribution in [0.3, 0.4) is 0 Å². The highest BCUT2D eigenvalue weighted by Gasteiger charge is 2.20. The molecule has 0 fully saturated rings. The number of benzene rings is 2. The lowest BCUT2D eigenvalue weighted by Gasteiger charge is -2.14. The van der Waals surface area contributed by atoms with Crippen LogP contribution in [0.15, 0.2) is 35.2 Å². The standard InChI is InChI=1S/C15H15F2NO3S/c1-9-10(2)15(7-6-14(9)21-3)22(19,20)18-11-4-5-12(16)13(17)8-11/h4-8,18H,1-3H3. The molecule has 0 heterocycles. The normalized spacial score (nSPS) is 11.3. The highest BCUT2D eigenvalue weighted by atomic mass is 32.2. The Hall–Kier alpha value is -2.15. The average molecular weight is 327 g/mol. The van der Waals surface area contributed by atoms with Gasteiger partial charge in [0, 0.05) is 6.07 Å². The number of rotatable bonds is 4. The molecule has 0 saturated carbocycles. The number of anilines is 1. The summed E-state index contributed by atoms with van der Waals surface area (Å²) in [5.41, 5.74) is 1.16. The summed E-state index contributed by atoms with van der Waals surface area (Å²) in [6.07, 6.45) is 0. The average Bonchev–Trinajstić information content (AvgIpc) is 2.45. The van der Waals surface area contributed by atoms with E-state index in [2.05, 4.69) is 4.72 Å². The van der Waals surface area contributed by atoms with Gasteiger partial charge in [-0.2, -0.15) is 0 Å². The molecule has 2 rings (SSSR count). The van der Waals surface area contributed by atoms with Crippen molar-refractivity contribution in [1.29, 1.82) is 0 Å². The minimum atomic E-state index is -3.92. The SMILES string of the molecule is COc1ccc(S(=O)(=O)Nc2ccc(F)c(F)c2)c(C)c1C. The van der Waals surface area contributed by atoms with Crippen molar-refractivity contribution in [1.82, 2.24) is 0 Å². The van der Waals surface area contributed by atoms with E-state index in [0.29, 0.717) is 16.9 Å². The molecule has 4 nitrogen and oxygen atoms in total. The first-order valence-electron chi connectivity index (χ1n) is 6.38. The molecule has 2 aromatic rings. The van der Waals surface area contributed by atoms with Crippen molar-refractivity contribution >= 4 is 15.7 Å². The van der Waals surface area contributed by atoms with Gasteiger partial charge in [0.25, 0.3) is 10.0 Å². The molecule has 0 aliphatic rings. The molecular formula is C15H15F2NO3S. The molecule has 1 N–H and O–H groups in total. The molecule has 118 valence electrons. The molecule has 7 heteroatoms. The summed E-state index contributed by atoms with van der Waals surface area (Å²) in [6.45, 7) is 3.39. The van der Waals surface area contributed by atoms with Crippen LogP contribution in [-0.4, -0.2) is 15.5 Å². The molecule has 0 spiro atoms. The highest BCUT2D eigenvalue weighted by Crippen LogP contribution is 2.28. The van der Waals surface area contributed by atoms with E-state index in [4.69, 9.17) is 4.74 Å². The van der Waals surface area contributed by atoms with Crippen molar-refractivity contribution in [3.8, 4) is 5.75 Å². The minimum absolute atomic E-state index is 0.0493. The number of hydrogen-bond donors (Lipinski definition) is 1. The van der Waals surface area contributed by atoms with Crippen molar-refractivity contribution in [2.75, 3.05) is 11.8 Å². The largest absolute Gasteiger partial charge is 0.496 e. The number of methoxy groups -OCH3 is 1. The van der Waals surface area contributed by atoms with Gasteiger partial charge in [-0.3, -0.25) is 4.72 Å². The summed E-state index contributed by atoms with van der Waals surface area (Å²) >= 11 is 0. The lowest BCUT2D eigenvalue weighted by Crippen LogP contribution is -2.15. The number of halogens is 2. The number of nitrogens with one attached hydrogen (secondary N) is 1. The van der Waals surface area contributed by atoms with Gasteiger partial charge in [-0.15, -0.1) is 0 Å². The van der Waals surface area contributed by atoms with Crippen LogP contribution in [0.1, 0.15) is 11.1 Å². The molecule has 0 aliphatic carbocycles. The maximum Gasteiger partial charge on any atom is 0.262 e. The zero-order valence-corrected chi connectivity index (χ0v) is 13.1. The summed E-state index contributed by atoms with van der Waals surface area (Å²) in [4.78, 5) is 0.0514. The number of ether oxygens (including phenoxy) is 1. The van der Waals surface area contributed by atoms with E-state index in [9.17, 15) is 17.2 Å². The van der Waals surface area contributed by atoms with E-state index in [1.165, 1.54) is 13.2 Å². The molecule has 0 bridgehead atoms. The molecule has 0 atom stereocenters. The van der Waals surface area contributed by atoms with Crippen LogP contribution in [0.4, 0.5) is 14.5 Å². The lowest BCUT2D eigenvalue weighted by molar-refractivity contribution is 0.411. The van der Waals surface area contributed by atoms with Crippen LogP contribution in [0.25, 0.3) is 0 Å². The maximum absolute atomic E-state index is 13.2. The summed E-state index contributed by atoms with van der Waals surface area (Å²) in [6, 6.07) is 5.76. The Bertz CT molecular complexity index is 820. The first kappa shape index (κ1) is 16.2. The van der Waals surface area contributed by atoms with Gasteiger partial charge in [-0.25, -0.2) is 17.2 Å². The Balaban J connectivity index is 2.42. The molecular weight excluding hydrogens is 312 g/mol. The van der Waals surface area contributed by atoms with Crippen molar-refractivity contribution in [3.63, 3.8) is 0 Å². The van der Waals surface area contributed by atoms with Crippen molar-refractivity contribution in [2.24, 2.45) is 0 Å². The Morgan fingerprint density at radius 1 is 1.00 bits per heavy atom. The van der Waals surface area contributed by atoms with E-state index >= 15 is 0 Å². The molecule has 0 aromatic heterocycles. The van der Waals surface area contributed by atoms with Gasteiger partial charge in [0.15, 0.2) is 11.6 Å². The van der Waals surface area contributed by atoms with Gasteiger partial charge in [-0.1, -0.05) is 0 Å². The molecule has 0 radical (unpaired) electrons. The van der Waals surface area contributed by atoms with E-state index in [1.54, 1.807) is 19.9 Å². The van der Waals surface area contributed by atoms with Crippen LogP contribution in [-0.2, 0) is 10.0 Å². The fourth-order valence-electron chi connectivity index (χ4n) is 2.05. The zero-order chi connectivity index (χ0) is 16.5. The molecule has 22 heavy (non-hydrogen) atoms. The van der Waals surface area contributed by atoms with Gasteiger partial charge in [0.2, 0.25) is 0 Å². The maximum atomic E-state index is 13.2. The van der Waals surface area contributed by atoms with Gasteiger partial charge >= 0.3 is 0 Å². The van der Waals surface area contributed by atoms with E-state index < -0.39 is 21.7 Å². The Morgan fingerprint density at radius 3 is 2.27 bits per heavy atom. The predicted octanol–water partition coefficient (Wildman–Crippen LogP) is 3.39. The third-order valence-electron chi connectivity index (χ3n) is 3.37. The van der Waals surface area contributed by atoms with Crippen LogP contribution in [0.5, 0.6) is 5.75 Å². The molecule has 0 unspecified atom stereocenters. The van der Waals surface area contributed by atoms with E-state index in [0.717, 1.165) is 18.2 Å². The fourth-order valence-corrected chi connectivity index (χ4v) is 3.40. The van der Waals surface area contributed by atoms with Crippen LogP contribution < -0.4 is 9.46 Å². The number of hydrogen-bond acceptors (Lipinski definition) is 3. The number of sulfonamides is 1. The van der Waals surface area contributed by atoms with Gasteiger partial charge < -0.3 is 4.74 Å². The predicted molar refractivity (Wildman–Crippen MR) is 79.6 cm³/mol. The summed E-state index contributed by atoms with van der Waals surface area (Å²) < 4.78 is 58.2. The van der Waals surface area contributed by atoms with Gasteiger partial charge in [-0.05, 0) is 49.2 Å². The fraction of sp³-hybridized carbons (Fsp3) is 0.200. The highest BCUT2D eigenvalue weighted by molar-refractivity contribution is 7.92. The van der Waals surface area contributed by atoms with Crippen LogP contribution >= 0.6 is 0 Å². The molecule has 0 aliphatic heterocycles. The summed E-state index contributed by atoms with van der Waals surface area (Å²) in [7, 11) is -2.42. The minimum Gasteiger partial charge on any atom is -0.496 e. The Labute approximate surface area is 127 Å². The van der Waals surface area contributed by atoms with E-state index in [1.807, 2.05) is 0 Å². The zero-order valence-electron chi connectivity index (χ0n) is 12.3. The Morgan fingerprint density at radius 2 is 1.68 bits per heavy atom. The van der Waals surface area contributed by atoms with Crippen molar-refractivity contribution < 1.29 is 21.9 Å². The third kappa shape index (κ3) is 3.04. The van der Waals surface area contributed by atoms with Crippen LogP contribution in [0.2, 0.25) is 0 Å². The second-order valence-corrected chi connectivity index (χ2v) is 6.40. The molecule has 0 saturated heterocycles. The second-order valence-electron chi connectivity index (χ2n) is 4.75. The third-order valence-corrected chi connectivity index (χ3v) is 4.89. The van der Waals surface area contributed by atoms with Crippen molar-refractivity contribution in [3.05, 3.63) is 53.1 Å². The summed E-state index contributed by atoms with van der Waals surface area (Å²) in [5, 5.41) is 0. The molecule has 2 aromatic carbocycles. The van der Waals surface area contributed by atoms with Crippen molar-refractivity contribution in [2.45, 2.75) is 18.7 Å². The van der Waals surface area contributed by atoms with Gasteiger partial charge in [0.1, 0.15) is 5.75 Å². The first-order chi connectivity index (χ1) is 10.3. The quantitative estimate of drug-likeness (QED) is 0.936. The van der Waals surface area contributed by atoms with Gasteiger partial charge in [0.05, 0.1) is 17.7 Å². The topological polar surface area (TPSA) is 55.4 Å². The lowest BCUT2D eigenvalue weighted by atomic mass is 10.1. The smallest absolute Gasteiger partial charge is 0.262 e. The van der Waals surface area contributed by atoms with E-state index in [-0.39, 0.29) is 10.6 Å². The first-order valence-corrected chi connectivity index (χ1v) is 7.86. The Kier molecular flexibility index (Phi) is 4.37. The van der Waals surface area contributed by atoms with Crippen LogP contribution in [0, 0.1) is 25.5 Å².